The van der Waals surface area contributed by atoms with Crippen molar-refractivity contribution < 1.29 is 4.79 Å². The van der Waals surface area contributed by atoms with Gasteiger partial charge in [0.25, 0.3) is 0 Å². The van der Waals surface area contributed by atoms with Gasteiger partial charge in [0.15, 0.2) is 0 Å². The molecule has 3 N–H and O–H groups in total. The molecular weight excluding hydrogens is 236 g/mol. The van der Waals surface area contributed by atoms with Gasteiger partial charge in [-0.3, -0.25) is 4.79 Å². The Balaban J connectivity index is 1.87. The fraction of sp³-hybridized carbons (Fsp3) is 0.188. The second-order valence-electron chi connectivity index (χ2n) is 4.44. The number of carbonyl (C=O) groups excluding carboxylic acids is 1. The normalized spacial score (nSPS) is 10.2. The van der Waals surface area contributed by atoms with Gasteiger partial charge < -0.3 is 11.1 Å². The lowest BCUT2D eigenvalue weighted by Crippen LogP contribution is -2.12. The van der Waals surface area contributed by atoms with Crippen LogP contribution >= 0.6 is 0 Å². The maximum atomic E-state index is 11.8. The largest absolute Gasteiger partial charge is 0.326 e. The van der Waals surface area contributed by atoms with Crippen molar-refractivity contribution in [2.75, 3.05) is 5.32 Å². The summed E-state index contributed by atoms with van der Waals surface area (Å²) in [7, 11) is 0. The molecule has 0 aliphatic rings. The minimum atomic E-state index is 0.0259. The topological polar surface area (TPSA) is 55.1 Å². The van der Waals surface area contributed by atoms with Crippen molar-refractivity contribution in [1.82, 2.24) is 0 Å². The van der Waals surface area contributed by atoms with Crippen LogP contribution in [0.15, 0.2) is 54.6 Å². The minimum absolute atomic E-state index is 0.0259. The molecule has 2 rings (SSSR count). The average molecular weight is 254 g/mol. The zero-order valence-electron chi connectivity index (χ0n) is 10.8. The summed E-state index contributed by atoms with van der Waals surface area (Å²) in [4.78, 5) is 11.8. The lowest BCUT2D eigenvalue weighted by molar-refractivity contribution is -0.116. The number of nitrogens with one attached hydrogen (secondary N) is 1. The van der Waals surface area contributed by atoms with Crippen LogP contribution in [-0.2, 0) is 17.8 Å². The molecule has 0 unspecified atom stereocenters. The molecule has 0 fully saturated rings. The van der Waals surface area contributed by atoms with Crippen LogP contribution in [-0.4, -0.2) is 5.91 Å². The van der Waals surface area contributed by atoms with Crippen molar-refractivity contribution in [3.8, 4) is 0 Å². The van der Waals surface area contributed by atoms with Gasteiger partial charge >= 0.3 is 0 Å². The fourth-order valence-corrected chi connectivity index (χ4v) is 1.90. The lowest BCUT2D eigenvalue weighted by Gasteiger charge is -2.06. The molecule has 0 bridgehead atoms. The standard InChI is InChI=1S/C16H18N2O/c17-12-14-7-4-8-15(11-14)18-16(19)10-9-13-5-2-1-3-6-13/h1-8,11H,9-10,12,17H2,(H,18,19). The van der Waals surface area contributed by atoms with Crippen LogP contribution in [0.25, 0.3) is 0 Å². The summed E-state index contributed by atoms with van der Waals surface area (Å²) in [5.74, 6) is 0.0259. The van der Waals surface area contributed by atoms with Crippen LogP contribution in [0.4, 0.5) is 5.69 Å². The van der Waals surface area contributed by atoms with Crippen molar-refractivity contribution in [1.29, 1.82) is 0 Å². The summed E-state index contributed by atoms with van der Waals surface area (Å²) in [6.07, 6.45) is 1.24. The first-order valence-electron chi connectivity index (χ1n) is 6.41. The molecule has 0 saturated carbocycles. The van der Waals surface area contributed by atoms with Gasteiger partial charge in [-0.25, -0.2) is 0 Å². The van der Waals surface area contributed by atoms with Crippen LogP contribution in [0.3, 0.4) is 0 Å². The monoisotopic (exact) mass is 254 g/mol. The van der Waals surface area contributed by atoms with Gasteiger partial charge in [-0.05, 0) is 29.7 Å². The average Bonchev–Trinajstić information content (AvgIpc) is 2.46. The smallest absolute Gasteiger partial charge is 0.224 e. The first-order chi connectivity index (χ1) is 9.28. The molecule has 3 heteroatoms. The second-order valence-corrected chi connectivity index (χ2v) is 4.44. The van der Waals surface area contributed by atoms with Crippen LogP contribution < -0.4 is 11.1 Å². The number of amides is 1. The molecule has 2 aromatic rings. The van der Waals surface area contributed by atoms with Crippen molar-refractivity contribution in [2.45, 2.75) is 19.4 Å². The van der Waals surface area contributed by atoms with Crippen LogP contribution in [0, 0.1) is 0 Å². The van der Waals surface area contributed by atoms with E-state index in [9.17, 15) is 4.79 Å². The summed E-state index contributed by atoms with van der Waals surface area (Å²) in [6, 6.07) is 17.6. The van der Waals surface area contributed by atoms with Crippen LogP contribution in [0.5, 0.6) is 0 Å². The van der Waals surface area contributed by atoms with Crippen LogP contribution in [0.1, 0.15) is 17.5 Å². The number of rotatable bonds is 5. The van der Waals surface area contributed by atoms with Crippen molar-refractivity contribution in [3.63, 3.8) is 0 Å². The van der Waals surface area contributed by atoms with E-state index in [1.165, 1.54) is 5.56 Å². The Morgan fingerprint density at radius 2 is 1.74 bits per heavy atom. The summed E-state index contributed by atoms with van der Waals surface area (Å²) in [5, 5.41) is 2.89. The molecule has 0 spiro atoms. The van der Waals surface area contributed by atoms with Gasteiger partial charge in [-0.1, -0.05) is 42.5 Å². The molecule has 0 saturated heterocycles. The van der Waals surface area contributed by atoms with Crippen molar-refractivity contribution >= 4 is 11.6 Å². The van der Waals surface area contributed by atoms with Gasteiger partial charge in [0.05, 0.1) is 0 Å². The Hall–Kier alpha value is -2.13. The Morgan fingerprint density at radius 3 is 2.47 bits per heavy atom. The third-order valence-electron chi connectivity index (χ3n) is 2.93. The third kappa shape index (κ3) is 4.23. The number of benzene rings is 2. The predicted molar refractivity (Wildman–Crippen MR) is 77.7 cm³/mol. The molecule has 0 aliphatic carbocycles. The van der Waals surface area contributed by atoms with Gasteiger partial charge in [0.2, 0.25) is 5.91 Å². The zero-order chi connectivity index (χ0) is 13.5. The molecule has 3 nitrogen and oxygen atoms in total. The Morgan fingerprint density at radius 1 is 1.00 bits per heavy atom. The molecule has 0 radical (unpaired) electrons. The van der Waals surface area contributed by atoms with E-state index in [4.69, 9.17) is 5.73 Å². The quantitative estimate of drug-likeness (QED) is 0.862. The SMILES string of the molecule is NCc1cccc(NC(=O)CCc2ccccc2)c1. The highest BCUT2D eigenvalue weighted by Crippen LogP contribution is 2.11. The van der Waals surface area contributed by atoms with E-state index in [2.05, 4.69) is 5.32 Å². The Kier molecular flexibility index (Phi) is 4.70. The molecule has 98 valence electrons. The highest BCUT2D eigenvalue weighted by atomic mass is 16.1. The number of hydrogen-bond donors (Lipinski definition) is 2. The molecule has 19 heavy (non-hydrogen) atoms. The highest BCUT2D eigenvalue weighted by molar-refractivity contribution is 5.90. The highest BCUT2D eigenvalue weighted by Gasteiger charge is 2.03. The number of anilines is 1. The van der Waals surface area contributed by atoms with E-state index in [-0.39, 0.29) is 5.91 Å². The molecule has 0 atom stereocenters. The molecule has 0 aliphatic heterocycles. The molecule has 1 amide bonds. The first-order valence-corrected chi connectivity index (χ1v) is 6.41. The summed E-state index contributed by atoms with van der Waals surface area (Å²) in [6.45, 7) is 0.480. The molecule has 0 aromatic heterocycles. The van der Waals surface area contributed by atoms with E-state index < -0.39 is 0 Å². The van der Waals surface area contributed by atoms with Gasteiger partial charge in [0, 0.05) is 18.7 Å². The number of carbonyl (C=O) groups is 1. The minimum Gasteiger partial charge on any atom is -0.326 e. The maximum Gasteiger partial charge on any atom is 0.224 e. The number of aryl methyl sites for hydroxylation is 1. The van der Waals surface area contributed by atoms with E-state index in [1.54, 1.807) is 0 Å². The second kappa shape index (κ2) is 6.71. The molecule has 0 heterocycles. The Labute approximate surface area is 113 Å². The zero-order valence-corrected chi connectivity index (χ0v) is 10.8. The van der Waals surface area contributed by atoms with E-state index in [0.29, 0.717) is 13.0 Å². The lowest BCUT2D eigenvalue weighted by atomic mass is 10.1. The number of hydrogen-bond acceptors (Lipinski definition) is 2. The number of nitrogens with two attached hydrogens (primary N) is 1. The van der Waals surface area contributed by atoms with Crippen molar-refractivity contribution in [2.24, 2.45) is 5.73 Å². The van der Waals surface area contributed by atoms with E-state index in [0.717, 1.165) is 17.7 Å². The summed E-state index contributed by atoms with van der Waals surface area (Å²) >= 11 is 0. The summed E-state index contributed by atoms with van der Waals surface area (Å²) < 4.78 is 0. The Bertz CT molecular complexity index is 537. The van der Waals surface area contributed by atoms with Gasteiger partial charge in [0.1, 0.15) is 0 Å². The maximum absolute atomic E-state index is 11.8. The predicted octanol–water partition coefficient (Wildman–Crippen LogP) is 2.72. The third-order valence-corrected chi connectivity index (χ3v) is 2.93. The first kappa shape index (κ1) is 13.3. The van der Waals surface area contributed by atoms with Gasteiger partial charge in [-0.2, -0.15) is 0 Å². The van der Waals surface area contributed by atoms with E-state index in [1.807, 2.05) is 54.6 Å². The van der Waals surface area contributed by atoms with Crippen molar-refractivity contribution in [3.05, 3.63) is 65.7 Å². The van der Waals surface area contributed by atoms with Crippen LogP contribution in [0.2, 0.25) is 0 Å². The van der Waals surface area contributed by atoms with Gasteiger partial charge in [-0.15, -0.1) is 0 Å². The molecule has 2 aromatic carbocycles. The fourth-order valence-electron chi connectivity index (χ4n) is 1.90. The summed E-state index contributed by atoms with van der Waals surface area (Å²) in [5.41, 5.74) is 8.57. The van der Waals surface area contributed by atoms with E-state index >= 15 is 0 Å². The molecular formula is C16H18N2O.